The molecule has 19 atom stereocenters. The molecule has 1 unspecified atom stereocenters. The smallest absolute Gasteiger partial charge is 0.417 e. The normalized spacial score (nSPS) is 25.3. The second-order valence-electron chi connectivity index (χ2n) is 31.3. The van der Waals surface area contributed by atoms with E-state index in [2.05, 4.69) is 53.2 Å². The molecule has 11 amide bonds. The van der Waals surface area contributed by atoms with Gasteiger partial charge in [-0.05, 0) is 133 Å². The number of hydrogen-bond acceptors (Lipinski definition) is 28. The third-order valence-corrected chi connectivity index (χ3v) is 22.7. The molecular weight excluding hydrogens is 1850 g/mol. The molecule has 7 aromatic rings. The number of likely N-dealkylation sites (N-methyl/N-ethyl adjacent to an activating group) is 1. The molecule has 14 rings (SSSR count). The van der Waals surface area contributed by atoms with E-state index in [4.69, 9.17) is 84.2 Å². The lowest BCUT2D eigenvalue weighted by molar-refractivity contribution is -0.336. The summed E-state index contributed by atoms with van der Waals surface area (Å²) < 4.78 is 135. The summed E-state index contributed by atoms with van der Waals surface area (Å²) in [6.45, 7) is 0.408. The van der Waals surface area contributed by atoms with Gasteiger partial charge in [0.25, 0.3) is 5.91 Å². The Morgan fingerprint density at radius 3 is 1.85 bits per heavy atom. The van der Waals surface area contributed by atoms with Gasteiger partial charge in [-0.1, -0.05) is 72.9 Å². The number of nitrogens with one attached hydrogen (secondary N) is 10. The van der Waals surface area contributed by atoms with E-state index in [-0.39, 0.29) is 23.5 Å². The molecule has 0 aromatic heterocycles. The van der Waals surface area contributed by atoms with E-state index in [9.17, 15) is 111 Å². The lowest BCUT2D eigenvalue weighted by Gasteiger charge is -2.48. The van der Waals surface area contributed by atoms with Crippen molar-refractivity contribution in [1.29, 1.82) is 0 Å². The molecule has 2 saturated heterocycles. The van der Waals surface area contributed by atoms with Crippen LogP contribution in [0.15, 0.2) is 121 Å². The standard InChI is InChI=1S/C84H85Cl3F6N12O28/c1-30(2)18-45(96-3)73(117)102-59-63(111)32-9-14-49(43(86)21-32)129-51-23-35-24-52(130-50-15-10-33(22-44(50)87)64(112)60-78(122)101-58(79(123)124)40-26-38(107)27-48(109)55(40)39-20-31(8-13-47(39)108)56(75(119)103-60)100-76(120)57(35)99-74(118)46(28-54(94)110)98-77(59)121)67(51)127-16-17-128-81-69(62(68(126-4)70(133-81)71(95)115)105-82(125)97-37-11-12-42(85)41(25-37)84(91,92)93)132-80-61(66(114)65(113)53(29-106)131-80)104-72(116)34-6-5-7-36(19-34)83(88,89)90/h5-15,19-27,30,45-46,53,56-66,68-70,80-81,96,106-109,111-114H,16-18,28-29H2,1-4H3,(H2,94,110)(H2,95,115)(H,98,121)(H,99,118)(H,100,120)(H,101,122)(H,102,117)(H,103,119)(H,104,116)(H,123,124)(H2,97,105,125)/t45-,46+,53-,56-,57?,58+,59-,60+,61-,62+,63-,64-,65-,66-,68+,69-,70+,80+,81+/m1/s1. The van der Waals surface area contributed by atoms with Crippen molar-refractivity contribution in [2.75, 3.05) is 39.3 Å². The molecule has 23 N–H and O–H groups in total. The fraction of sp³-hybridized carbons (Fsp3) is 0.369. The number of phenols is 3. The number of carboxylic acids is 1. The zero-order valence-electron chi connectivity index (χ0n) is 69.5. The first-order chi connectivity index (χ1) is 62.7. The number of rotatable bonds is 22. The average molecular weight is 1930 g/mol. The number of methoxy groups -OCH3 is 1. The first-order valence-electron chi connectivity index (χ1n) is 40.1. The number of benzene rings is 7. The van der Waals surface area contributed by atoms with Crippen LogP contribution in [-0.4, -0.2) is 231 Å². The Kier molecular flexibility index (Phi) is 30.8. The molecule has 7 heterocycles. The Balaban J connectivity index is 1.03. The van der Waals surface area contributed by atoms with Gasteiger partial charge in [0, 0.05) is 41.1 Å². The number of halogens is 9. The number of nitrogens with two attached hydrogens (primary N) is 2. The van der Waals surface area contributed by atoms with Crippen molar-refractivity contribution in [2.24, 2.45) is 17.4 Å². The van der Waals surface area contributed by atoms with Crippen LogP contribution in [0.5, 0.6) is 46.0 Å². The predicted molar refractivity (Wildman–Crippen MR) is 446 cm³/mol. The van der Waals surface area contributed by atoms with Crippen LogP contribution in [0.4, 0.5) is 36.8 Å². The van der Waals surface area contributed by atoms with Gasteiger partial charge in [0.2, 0.25) is 53.0 Å². The third-order valence-electron chi connectivity index (χ3n) is 21.8. The van der Waals surface area contributed by atoms with Crippen molar-refractivity contribution in [3.8, 4) is 57.1 Å². The fourth-order valence-electron chi connectivity index (χ4n) is 15.3. The lowest BCUT2D eigenvalue weighted by Crippen LogP contribution is -2.71. The molecule has 133 heavy (non-hydrogen) atoms. The number of ether oxygens (including phenoxy) is 8. The minimum Gasteiger partial charge on any atom is -0.508 e. The fourth-order valence-corrected chi connectivity index (χ4v) is 16.0. The van der Waals surface area contributed by atoms with Gasteiger partial charge in [0.15, 0.2) is 36.2 Å². The van der Waals surface area contributed by atoms with Crippen molar-refractivity contribution in [3.63, 3.8) is 0 Å². The molecule has 7 aromatic carbocycles. The number of hydrogen-bond donors (Lipinski definition) is 21. The highest BCUT2D eigenvalue weighted by molar-refractivity contribution is 6.32. The van der Waals surface area contributed by atoms with Crippen molar-refractivity contribution < 1.29 is 163 Å². The van der Waals surface area contributed by atoms with Crippen LogP contribution in [0.25, 0.3) is 11.1 Å². The quantitative estimate of drug-likeness (QED) is 0.0339. The van der Waals surface area contributed by atoms with Crippen molar-refractivity contribution in [2.45, 2.75) is 155 Å². The molecule has 0 spiro atoms. The molecule has 7 aliphatic rings. The second-order valence-corrected chi connectivity index (χ2v) is 32.5. The van der Waals surface area contributed by atoms with E-state index in [1.807, 2.05) is 0 Å². The number of alkyl halides is 6. The maximum atomic E-state index is 16.2. The molecule has 0 aliphatic carbocycles. The predicted octanol–water partition coefficient (Wildman–Crippen LogP) is 3.81. The zero-order valence-corrected chi connectivity index (χ0v) is 71.7. The highest BCUT2D eigenvalue weighted by atomic mass is 35.5. The average Bonchev–Trinajstić information content (AvgIpc) is 0.755. The van der Waals surface area contributed by atoms with Gasteiger partial charge in [-0.3, -0.25) is 43.2 Å². The van der Waals surface area contributed by atoms with Crippen LogP contribution in [0, 0.1) is 5.92 Å². The maximum Gasteiger partial charge on any atom is 0.417 e. The Hall–Kier alpha value is -12.7. The Morgan fingerprint density at radius 1 is 0.609 bits per heavy atom. The van der Waals surface area contributed by atoms with E-state index < -0.39 is 331 Å². The number of aromatic hydroxyl groups is 3. The summed E-state index contributed by atoms with van der Waals surface area (Å²) in [5.41, 5.74) is 4.19. The third kappa shape index (κ3) is 22.5. The summed E-state index contributed by atoms with van der Waals surface area (Å²) in [7, 11) is 2.35. The molecule has 0 radical (unpaired) electrons. The number of aliphatic hydroxyl groups is 5. The van der Waals surface area contributed by atoms with E-state index >= 15 is 14.4 Å². The number of carboxylic acid groups (broad SMARTS) is 1. The summed E-state index contributed by atoms with van der Waals surface area (Å²) in [5, 5.41) is 125. The summed E-state index contributed by atoms with van der Waals surface area (Å²) >= 11 is 20.1. The van der Waals surface area contributed by atoms with Gasteiger partial charge in [0.1, 0.15) is 114 Å². The van der Waals surface area contributed by atoms with Crippen LogP contribution in [-0.2, 0) is 79.2 Å². The number of aliphatic hydroxyl groups excluding tert-OH is 5. The molecule has 712 valence electrons. The number of carbonyl (C=O) groups is 11. The first kappa shape index (κ1) is 99.3. The molecular formula is C84H85Cl3F6N12O28. The van der Waals surface area contributed by atoms with Gasteiger partial charge in [-0.25, -0.2) is 9.59 Å². The topological polar surface area (TPSA) is 616 Å². The van der Waals surface area contributed by atoms with Gasteiger partial charge in [-0.15, -0.1) is 0 Å². The number of carbonyl (C=O) groups excluding carboxylic acids is 10. The zero-order chi connectivity index (χ0) is 97.0. The molecule has 49 heteroatoms. The monoisotopic (exact) mass is 1930 g/mol. The van der Waals surface area contributed by atoms with E-state index in [0.29, 0.717) is 18.2 Å². The number of phenolic OH excluding ortho intramolecular Hbond substituents is 3. The van der Waals surface area contributed by atoms with Crippen LogP contribution in [0.3, 0.4) is 0 Å². The number of anilines is 1. The lowest BCUT2D eigenvalue weighted by atomic mass is 9.89. The Bertz CT molecular complexity index is 5680. The Morgan fingerprint density at radius 2 is 1.25 bits per heavy atom. The number of amides is 11. The maximum absolute atomic E-state index is 16.2. The van der Waals surface area contributed by atoms with Crippen molar-refractivity contribution in [1.82, 2.24) is 47.9 Å². The van der Waals surface area contributed by atoms with Gasteiger partial charge in [-0.2, -0.15) is 26.3 Å². The Labute approximate surface area is 762 Å². The summed E-state index contributed by atoms with van der Waals surface area (Å²) in [5.74, 6) is -20.1. The highest BCUT2D eigenvalue weighted by Gasteiger charge is 2.55. The van der Waals surface area contributed by atoms with E-state index in [0.717, 1.165) is 110 Å². The number of primary amides is 2. The van der Waals surface area contributed by atoms with Crippen molar-refractivity contribution in [3.05, 3.63) is 181 Å². The largest absolute Gasteiger partial charge is 0.508 e. The van der Waals surface area contributed by atoms with E-state index in [1.165, 1.54) is 7.05 Å². The number of fused-ring (bicyclic) bond motifs is 15. The molecule has 7 aliphatic heterocycles. The van der Waals surface area contributed by atoms with Crippen LogP contribution in [0.2, 0.25) is 15.1 Å². The van der Waals surface area contributed by atoms with Crippen LogP contribution < -0.4 is 78.8 Å². The van der Waals surface area contributed by atoms with Gasteiger partial charge in [0.05, 0.1) is 57.9 Å². The van der Waals surface area contributed by atoms with Gasteiger partial charge < -0.3 is 148 Å². The van der Waals surface area contributed by atoms with Crippen molar-refractivity contribution >= 4 is 106 Å². The highest BCUT2D eigenvalue weighted by Crippen LogP contribution is 2.50. The van der Waals surface area contributed by atoms with Crippen LogP contribution >= 0.6 is 34.8 Å². The minimum absolute atomic E-state index is 0.136. The SMILES string of the molecule is CN[C@H](CC(C)C)C(=O)N[C@H]1C(=O)N[C@@H](CC(N)=O)C(=O)NC2C(=O)N[C@H]3C(=O)N[C@H](C(=O)N[C@H](C(=O)O)c4cc(O)cc(O)c4-c4cc3ccc4O)[C@H](O)c3ccc(c(Cl)c3)Oc3cc2cc(c3OCCO[C@H]2O[C@H](C(N)=O)[C@@H](OC)[C@H](NC(=O)Nc3ccc(Cl)c(C(F)(F)F)c3)[C@H]2O[C@@H]2O[C@H](CO)[C@@H](O)[C@H](O)[C@H]2NC(=O)c2cccc(C(F)(F)F)c2)Oc2ccc(cc2Cl)[C@H]1O. The molecule has 0 saturated carbocycles. The molecule has 11 bridgehead atoms. The molecule has 40 nitrogen and oxygen atoms in total. The van der Waals surface area contributed by atoms with E-state index in [1.54, 1.807) is 13.8 Å². The van der Waals surface area contributed by atoms with Gasteiger partial charge >= 0.3 is 24.4 Å². The first-order valence-corrected chi connectivity index (χ1v) is 41.2. The summed E-state index contributed by atoms with van der Waals surface area (Å²) in [6.07, 6.45) is -33.1. The summed E-state index contributed by atoms with van der Waals surface area (Å²) in [6, 6.07) is -3.09. The summed E-state index contributed by atoms with van der Waals surface area (Å²) in [4.78, 5) is 160. The van der Waals surface area contributed by atoms with Crippen LogP contribution in [0.1, 0.15) is 106 Å². The molecule has 2 fully saturated rings. The number of aliphatic carboxylic acids is 1. The minimum atomic E-state index is -5.12. The number of urea groups is 1. The second kappa shape index (κ2) is 41.2.